The SMILES string of the molecule is C=C/C=C\c1cc2ccccc2cc1-c1ccc(N(c2ccc(-c3cc4ccccc4c4ccccc34)cc2)c2ccc(-c3ccccc3)c(-c3ccccc3)c2)cc1. The van der Waals surface area contributed by atoms with Crippen LogP contribution in [0.25, 0.3) is 82.9 Å². The van der Waals surface area contributed by atoms with E-state index >= 15 is 0 Å². The quantitative estimate of drug-likeness (QED) is 0.105. The van der Waals surface area contributed by atoms with E-state index in [2.05, 4.69) is 236 Å². The summed E-state index contributed by atoms with van der Waals surface area (Å²) >= 11 is 0. The molecule has 0 fully saturated rings. The number of nitrogens with zero attached hydrogens (tertiary/aromatic N) is 1. The predicted octanol–water partition coefficient (Wildman–Crippen LogP) is 16.5. The highest BCUT2D eigenvalue weighted by molar-refractivity contribution is 6.13. The van der Waals surface area contributed by atoms with E-state index in [4.69, 9.17) is 0 Å². The smallest absolute Gasteiger partial charge is 0.0468 e. The molecule has 0 saturated carbocycles. The van der Waals surface area contributed by atoms with E-state index < -0.39 is 0 Å². The molecule has 0 bridgehead atoms. The molecule has 1 heteroatoms. The Morgan fingerprint density at radius 2 is 0.797 bits per heavy atom. The minimum absolute atomic E-state index is 1.08. The monoisotopic (exact) mass is 751 g/mol. The lowest BCUT2D eigenvalue weighted by molar-refractivity contribution is 1.28. The van der Waals surface area contributed by atoms with Gasteiger partial charge in [0.25, 0.3) is 0 Å². The normalized spacial score (nSPS) is 11.4. The average molecular weight is 752 g/mol. The maximum Gasteiger partial charge on any atom is 0.0468 e. The van der Waals surface area contributed by atoms with Gasteiger partial charge in [-0.3, -0.25) is 0 Å². The van der Waals surface area contributed by atoms with Crippen LogP contribution in [-0.2, 0) is 0 Å². The Morgan fingerprint density at radius 1 is 0.322 bits per heavy atom. The van der Waals surface area contributed by atoms with E-state index in [0.717, 1.165) is 28.2 Å². The lowest BCUT2D eigenvalue weighted by Crippen LogP contribution is -2.10. The third-order valence-corrected chi connectivity index (χ3v) is 11.4. The Bertz CT molecular complexity index is 3140. The molecule has 0 spiro atoms. The maximum atomic E-state index is 3.93. The summed E-state index contributed by atoms with van der Waals surface area (Å²) in [7, 11) is 0. The summed E-state index contributed by atoms with van der Waals surface area (Å²) in [4.78, 5) is 2.38. The van der Waals surface area contributed by atoms with Gasteiger partial charge in [-0.15, -0.1) is 0 Å². The highest BCUT2D eigenvalue weighted by Gasteiger charge is 2.18. The first-order chi connectivity index (χ1) is 29.2. The molecule has 0 atom stereocenters. The van der Waals surface area contributed by atoms with Gasteiger partial charge >= 0.3 is 0 Å². The molecule has 59 heavy (non-hydrogen) atoms. The second kappa shape index (κ2) is 15.7. The van der Waals surface area contributed by atoms with Gasteiger partial charge in [-0.1, -0.05) is 189 Å². The number of hydrogen-bond acceptors (Lipinski definition) is 1. The summed E-state index contributed by atoms with van der Waals surface area (Å²) in [5.74, 6) is 0. The standard InChI is InChI=1S/C58H41N/c1-2-3-16-47-37-45-21-10-11-22-46(45)38-56(47)43-27-31-49(32-28-43)59(51-35-36-53(41-17-6-4-7-18-41)58(40-51)42-19-8-5-9-20-42)50-33-29-44(30-34-50)57-39-48-23-12-13-24-52(48)54-25-14-15-26-55(54)57/h2-40H,1H2/b16-3-. The van der Waals surface area contributed by atoms with Crippen molar-refractivity contribution in [1.82, 2.24) is 0 Å². The molecule has 10 aromatic carbocycles. The zero-order valence-corrected chi connectivity index (χ0v) is 32.7. The largest absolute Gasteiger partial charge is 0.310 e. The third-order valence-electron chi connectivity index (χ3n) is 11.4. The fourth-order valence-corrected chi connectivity index (χ4v) is 8.54. The van der Waals surface area contributed by atoms with E-state index in [1.807, 2.05) is 12.2 Å². The van der Waals surface area contributed by atoms with Crippen LogP contribution >= 0.6 is 0 Å². The highest BCUT2D eigenvalue weighted by atomic mass is 15.1. The number of benzene rings is 10. The topological polar surface area (TPSA) is 3.24 Å². The van der Waals surface area contributed by atoms with Gasteiger partial charge < -0.3 is 4.90 Å². The van der Waals surface area contributed by atoms with Gasteiger partial charge in [0.15, 0.2) is 0 Å². The molecule has 0 aromatic heterocycles. The second-order valence-electron chi connectivity index (χ2n) is 15.0. The zero-order valence-electron chi connectivity index (χ0n) is 32.7. The lowest BCUT2D eigenvalue weighted by Gasteiger charge is -2.27. The molecule has 0 aliphatic heterocycles. The minimum Gasteiger partial charge on any atom is -0.310 e. The van der Waals surface area contributed by atoms with E-state index in [9.17, 15) is 0 Å². The molecule has 10 aromatic rings. The molecule has 1 nitrogen and oxygen atoms in total. The summed E-state index contributed by atoms with van der Waals surface area (Å²) < 4.78 is 0. The third kappa shape index (κ3) is 6.90. The molecule has 0 N–H and O–H groups in total. The Hall–Kier alpha value is -7.74. The first kappa shape index (κ1) is 35.7. The van der Waals surface area contributed by atoms with Crippen LogP contribution in [0.2, 0.25) is 0 Å². The second-order valence-corrected chi connectivity index (χ2v) is 15.0. The van der Waals surface area contributed by atoms with E-state index in [1.165, 1.54) is 71.3 Å². The van der Waals surface area contributed by atoms with Gasteiger partial charge in [-0.25, -0.2) is 0 Å². The van der Waals surface area contributed by atoms with Crippen molar-refractivity contribution < 1.29 is 0 Å². The van der Waals surface area contributed by atoms with Crippen LogP contribution in [0, 0.1) is 0 Å². The zero-order chi connectivity index (χ0) is 39.5. The van der Waals surface area contributed by atoms with Crippen molar-refractivity contribution in [1.29, 1.82) is 0 Å². The molecule has 0 radical (unpaired) electrons. The van der Waals surface area contributed by atoms with Crippen molar-refractivity contribution in [2.45, 2.75) is 0 Å². The van der Waals surface area contributed by atoms with Crippen molar-refractivity contribution in [3.8, 4) is 44.5 Å². The minimum atomic E-state index is 1.08. The highest BCUT2D eigenvalue weighted by Crippen LogP contribution is 2.43. The average Bonchev–Trinajstić information content (AvgIpc) is 3.31. The summed E-state index contributed by atoms with van der Waals surface area (Å²) in [6, 6.07) is 79.3. The number of anilines is 3. The van der Waals surface area contributed by atoms with Crippen molar-refractivity contribution in [2.24, 2.45) is 0 Å². The molecule has 0 saturated heterocycles. The van der Waals surface area contributed by atoms with Crippen molar-refractivity contribution in [3.63, 3.8) is 0 Å². The predicted molar refractivity (Wildman–Crippen MR) is 255 cm³/mol. The summed E-state index contributed by atoms with van der Waals surface area (Å²) in [5, 5.41) is 7.48. The summed E-state index contributed by atoms with van der Waals surface area (Å²) in [5.41, 5.74) is 13.9. The molecule has 278 valence electrons. The number of allylic oxidation sites excluding steroid dienone is 2. The van der Waals surface area contributed by atoms with Crippen molar-refractivity contribution in [2.75, 3.05) is 4.90 Å². The Kier molecular flexibility index (Phi) is 9.46. The van der Waals surface area contributed by atoms with Crippen LogP contribution in [0.5, 0.6) is 0 Å². The van der Waals surface area contributed by atoms with Gasteiger partial charge in [0.1, 0.15) is 0 Å². The first-order valence-corrected chi connectivity index (χ1v) is 20.2. The van der Waals surface area contributed by atoms with Crippen LogP contribution < -0.4 is 4.90 Å². The van der Waals surface area contributed by atoms with Crippen LogP contribution in [0.3, 0.4) is 0 Å². The Balaban J connectivity index is 1.12. The van der Waals surface area contributed by atoms with Crippen molar-refractivity contribution in [3.05, 3.63) is 243 Å². The Labute approximate surface area is 346 Å². The fraction of sp³-hybridized carbons (Fsp3) is 0. The molecule has 0 heterocycles. The molecular formula is C58H41N. The maximum absolute atomic E-state index is 3.93. The van der Waals surface area contributed by atoms with Gasteiger partial charge in [0, 0.05) is 17.1 Å². The van der Waals surface area contributed by atoms with E-state index in [0.29, 0.717) is 0 Å². The lowest BCUT2D eigenvalue weighted by atomic mass is 9.92. The van der Waals surface area contributed by atoms with E-state index in [1.54, 1.807) is 0 Å². The van der Waals surface area contributed by atoms with Gasteiger partial charge in [-0.2, -0.15) is 0 Å². The molecule has 0 unspecified atom stereocenters. The number of fused-ring (bicyclic) bond motifs is 4. The van der Waals surface area contributed by atoms with Crippen molar-refractivity contribution >= 4 is 55.5 Å². The van der Waals surface area contributed by atoms with E-state index in [-0.39, 0.29) is 0 Å². The van der Waals surface area contributed by atoms with Gasteiger partial charge in [-0.05, 0) is 137 Å². The summed E-state index contributed by atoms with van der Waals surface area (Å²) in [6.07, 6.45) is 5.99. The van der Waals surface area contributed by atoms with Crippen LogP contribution in [0.1, 0.15) is 5.56 Å². The van der Waals surface area contributed by atoms with Crippen LogP contribution in [0.15, 0.2) is 237 Å². The molecular weight excluding hydrogens is 711 g/mol. The molecule has 10 rings (SSSR count). The molecule has 0 amide bonds. The van der Waals surface area contributed by atoms with Gasteiger partial charge in [0.2, 0.25) is 0 Å². The fourth-order valence-electron chi connectivity index (χ4n) is 8.54. The molecule has 0 aliphatic carbocycles. The first-order valence-electron chi connectivity index (χ1n) is 20.2. The Morgan fingerprint density at radius 3 is 1.44 bits per heavy atom. The van der Waals surface area contributed by atoms with Crippen LogP contribution in [-0.4, -0.2) is 0 Å². The number of rotatable bonds is 9. The summed E-state index contributed by atoms with van der Waals surface area (Å²) in [6.45, 7) is 3.93. The molecule has 0 aliphatic rings. The van der Waals surface area contributed by atoms with Gasteiger partial charge in [0.05, 0.1) is 0 Å². The number of hydrogen-bond donors (Lipinski definition) is 0. The van der Waals surface area contributed by atoms with Crippen LogP contribution in [0.4, 0.5) is 17.1 Å².